The highest BCUT2D eigenvalue weighted by Gasteiger charge is 2.17. The van der Waals surface area contributed by atoms with Crippen LogP contribution in [0.25, 0.3) is 0 Å². The van der Waals surface area contributed by atoms with Crippen LogP contribution in [0.5, 0.6) is 0 Å². The molecule has 2 rings (SSSR count). The van der Waals surface area contributed by atoms with Gasteiger partial charge in [-0.15, -0.1) is 11.3 Å². The molecule has 0 unspecified atom stereocenters. The Bertz CT molecular complexity index is 810. The number of hydrogen-bond donors (Lipinski definition) is 2. The van der Waals surface area contributed by atoms with E-state index in [-0.39, 0.29) is 10.8 Å². The molecular formula is C16H20N2O3S2. The van der Waals surface area contributed by atoms with E-state index in [2.05, 4.69) is 10.0 Å². The molecular weight excluding hydrogens is 332 g/mol. The summed E-state index contributed by atoms with van der Waals surface area (Å²) in [5, 5.41) is 2.69. The predicted molar refractivity (Wildman–Crippen MR) is 93.4 cm³/mol. The number of aryl methyl sites for hydroxylation is 3. The highest BCUT2D eigenvalue weighted by atomic mass is 32.2. The minimum absolute atomic E-state index is 0.230. The summed E-state index contributed by atoms with van der Waals surface area (Å²) in [5.74, 6) is -0.399. The lowest BCUT2D eigenvalue weighted by Crippen LogP contribution is -2.32. The first-order valence-corrected chi connectivity index (χ1v) is 9.57. The first-order valence-electron chi connectivity index (χ1n) is 7.27. The van der Waals surface area contributed by atoms with Crippen LogP contribution < -0.4 is 10.0 Å². The van der Waals surface area contributed by atoms with Crippen LogP contribution in [0.3, 0.4) is 0 Å². The number of amides is 1. The average molecular weight is 352 g/mol. The first kappa shape index (κ1) is 17.7. The van der Waals surface area contributed by atoms with Gasteiger partial charge in [0.05, 0.1) is 6.54 Å². The van der Waals surface area contributed by atoms with Gasteiger partial charge in [0, 0.05) is 10.6 Å². The minimum atomic E-state index is -3.64. The molecule has 0 aliphatic rings. The van der Waals surface area contributed by atoms with Gasteiger partial charge in [0.15, 0.2) is 0 Å². The molecule has 0 atom stereocenters. The van der Waals surface area contributed by atoms with Crippen LogP contribution in [0.15, 0.2) is 34.5 Å². The Morgan fingerprint density at radius 3 is 2.48 bits per heavy atom. The Morgan fingerprint density at radius 2 is 1.87 bits per heavy atom. The molecule has 0 radical (unpaired) electrons. The van der Waals surface area contributed by atoms with Crippen LogP contribution in [-0.2, 0) is 21.2 Å². The van der Waals surface area contributed by atoms with Crippen molar-refractivity contribution >= 4 is 33.0 Å². The zero-order chi connectivity index (χ0) is 17.0. The number of carbonyl (C=O) groups is 1. The second-order valence-corrected chi connectivity index (χ2v) is 8.41. The second-order valence-electron chi connectivity index (χ2n) is 5.25. The molecule has 0 aliphatic carbocycles. The van der Waals surface area contributed by atoms with E-state index in [9.17, 15) is 13.2 Å². The maximum Gasteiger partial charge on any atom is 0.250 e. The fourth-order valence-corrected chi connectivity index (χ4v) is 4.27. The SMILES string of the molecule is CCc1ccc(S(=O)(=O)NCC(=O)Nc2ccc(C)c(C)c2)s1. The Hall–Kier alpha value is -1.70. The fourth-order valence-electron chi connectivity index (χ4n) is 1.95. The maximum absolute atomic E-state index is 12.1. The standard InChI is InChI=1S/C16H20N2O3S2/c1-4-14-7-8-16(22-14)23(20,21)17-10-15(19)18-13-6-5-11(2)12(3)9-13/h5-9,17H,4,10H2,1-3H3,(H,18,19). The van der Waals surface area contributed by atoms with Gasteiger partial charge < -0.3 is 5.32 Å². The topological polar surface area (TPSA) is 75.3 Å². The lowest BCUT2D eigenvalue weighted by atomic mass is 10.1. The molecule has 5 nitrogen and oxygen atoms in total. The molecule has 1 amide bonds. The zero-order valence-corrected chi connectivity index (χ0v) is 15.0. The number of benzene rings is 1. The molecule has 124 valence electrons. The van der Waals surface area contributed by atoms with Gasteiger partial charge in [0.1, 0.15) is 4.21 Å². The quantitative estimate of drug-likeness (QED) is 0.839. The maximum atomic E-state index is 12.1. The van der Waals surface area contributed by atoms with Gasteiger partial charge in [-0.25, -0.2) is 13.1 Å². The van der Waals surface area contributed by atoms with Crippen molar-refractivity contribution in [3.63, 3.8) is 0 Å². The summed E-state index contributed by atoms with van der Waals surface area (Å²) < 4.78 is 26.8. The van der Waals surface area contributed by atoms with E-state index in [1.807, 2.05) is 32.9 Å². The van der Waals surface area contributed by atoms with Gasteiger partial charge in [-0.2, -0.15) is 0 Å². The number of thiophene rings is 1. The van der Waals surface area contributed by atoms with E-state index < -0.39 is 15.9 Å². The average Bonchev–Trinajstić information content (AvgIpc) is 2.99. The molecule has 0 bridgehead atoms. The second kappa shape index (κ2) is 7.25. The summed E-state index contributed by atoms with van der Waals surface area (Å²) in [4.78, 5) is 12.9. The molecule has 23 heavy (non-hydrogen) atoms. The number of anilines is 1. The molecule has 0 saturated carbocycles. The van der Waals surface area contributed by atoms with Gasteiger partial charge in [-0.05, 0) is 55.7 Å². The van der Waals surface area contributed by atoms with E-state index in [1.54, 1.807) is 18.2 Å². The lowest BCUT2D eigenvalue weighted by molar-refractivity contribution is -0.115. The number of carbonyl (C=O) groups excluding carboxylic acids is 1. The van der Waals surface area contributed by atoms with Crippen molar-refractivity contribution < 1.29 is 13.2 Å². The third-order valence-electron chi connectivity index (χ3n) is 3.46. The van der Waals surface area contributed by atoms with Crippen LogP contribution in [0.4, 0.5) is 5.69 Å². The van der Waals surface area contributed by atoms with Crippen molar-refractivity contribution in [2.75, 3.05) is 11.9 Å². The van der Waals surface area contributed by atoms with Crippen LogP contribution >= 0.6 is 11.3 Å². The molecule has 2 aromatic rings. The summed E-state index contributed by atoms with van der Waals surface area (Å²) in [6.07, 6.45) is 0.785. The summed E-state index contributed by atoms with van der Waals surface area (Å²) in [6, 6.07) is 8.91. The van der Waals surface area contributed by atoms with Crippen molar-refractivity contribution in [1.29, 1.82) is 0 Å². The lowest BCUT2D eigenvalue weighted by Gasteiger charge is -2.08. The summed E-state index contributed by atoms with van der Waals surface area (Å²) in [5.41, 5.74) is 2.85. The highest BCUT2D eigenvalue weighted by Crippen LogP contribution is 2.21. The zero-order valence-electron chi connectivity index (χ0n) is 13.3. The molecule has 1 aromatic carbocycles. The molecule has 0 aliphatic heterocycles. The summed E-state index contributed by atoms with van der Waals surface area (Å²) in [6.45, 7) is 5.61. The highest BCUT2D eigenvalue weighted by molar-refractivity contribution is 7.91. The molecule has 1 heterocycles. The van der Waals surface area contributed by atoms with E-state index >= 15 is 0 Å². The van der Waals surface area contributed by atoms with Crippen LogP contribution in [0, 0.1) is 13.8 Å². The van der Waals surface area contributed by atoms with Crippen molar-refractivity contribution in [1.82, 2.24) is 4.72 Å². The normalized spacial score (nSPS) is 11.4. The summed E-state index contributed by atoms with van der Waals surface area (Å²) in [7, 11) is -3.64. The van der Waals surface area contributed by atoms with E-state index in [4.69, 9.17) is 0 Å². The van der Waals surface area contributed by atoms with Crippen LogP contribution in [0.1, 0.15) is 22.9 Å². The van der Waals surface area contributed by atoms with E-state index in [0.29, 0.717) is 5.69 Å². The number of nitrogens with one attached hydrogen (secondary N) is 2. The molecule has 0 saturated heterocycles. The fraction of sp³-hybridized carbons (Fsp3) is 0.312. The van der Waals surface area contributed by atoms with E-state index in [0.717, 1.165) is 22.4 Å². The molecule has 0 fully saturated rings. The van der Waals surface area contributed by atoms with Gasteiger partial charge >= 0.3 is 0 Å². The van der Waals surface area contributed by atoms with Gasteiger partial charge in [-0.1, -0.05) is 13.0 Å². The Morgan fingerprint density at radius 1 is 1.13 bits per heavy atom. The smallest absolute Gasteiger partial charge is 0.250 e. The third-order valence-corrected chi connectivity index (χ3v) is 6.59. The molecule has 1 aromatic heterocycles. The van der Waals surface area contributed by atoms with Crippen LogP contribution in [-0.4, -0.2) is 20.9 Å². The first-order chi connectivity index (χ1) is 10.8. The van der Waals surface area contributed by atoms with Gasteiger partial charge in [-0.3, -0.25) is 4.79 Å². The Labute approximate surface area is 140 Å². The van der Waals surface area contributed by atoms with Crippen LogP contribution in [0.2, 0.25) is 0 Å². The predicted octanol–water partition coefficient (Wildman–Crippen LogP) is 2.84. The van der Waals surface area contributed by atoms with Crippen molar-refractivity contribution in [3.05, 3.63) is 46.3 Å². The number of rotatable bonds is 6. The van der Waals surface area contributed by atoms with Crippen molar-refractivity contribution in [3.8, 4) is 0 Å². The largest absolute Gasteiger partial charge is 0.325 e. The number of hydrogen-bond acceptors (Lipinski definition) is 4. The van der Waals surface area contributed by atoms with Crippen molar-refractivity contribution in [2.24, 2.45) is 0 Å². The van der Waals surface area contributed by atoms with Gasteiger partial charge in [0.25, 0.3) is 10.0 Å². The summed E-state index contributed by atoms with van der Waals surface area (Å²) >= 11 is 1.22. The Balaban J connectivity index is 1.96. The third kappa shape index (κ3) is 4.63. The Kier molecular flexibility index (Phi) is 5.56. The van der Waals surface area contributed by atoms with E-state index in [1.165, 1.54) is 11.3 Å². The van der Waals surface area contributed by atoms with Gasteiger partial charge in [0.2, 0.25) is 5.91 Å². The molecule has 0 spiro atoms. The molecule has 2 N–H and O–H groups in total. The number of sulfonamides is 1. The monoisotopic (exact) mass is 352 g/mol. The van der Waals surface area contributed by atoms with Crippen molar-refractivity contribution in [2.45, 2.75) is 31.4 Å². The molecule has 7 heteroatoms. The minimum Gasteiger partial charge on any atom is -0.325 e.